The standard InChI is InChI=1S/C25H26N2O3/c28-20(17-29-23-11-5-7-18-6-1-2-8-21(18)23)16-27-14-12-19(13-15-27)25-26-22-9-3-4-10-24(22)30-25/h1-11,19-20,28H,12-17H2. The number of piperidine rings is 1. The topological polar surface area (TPSA) is 58.7 Å². The molecule has 5 nitrogen and oxygen atoms in total. The molecule has 5 rings (SSSR count). The lowest BCUT2D eigenvalue weighted by Gasteiger charge is -2.31. The van der Waals surface area contributed by atoms with Gasteiger partial charge >= 0.3 is 0 Å². The fourth-order valence-corrected chi connectivity index (χ4v) is 4.29. The molecule has 0 spiro atoms. The van der Waals surface area contributed by atoms with Crippen LogP contribution in [0, 0.1) is 0 Å². The van der Waals surface area contributed by atoms with Crippen molar-refractivity contribution in [3.05, 3.63) is 72.6 Å². The van der Waals surface area contributed by atoms with Gasteiger partial charge in [-0.3, -0.25) is 0 Å². The van der Waals surface area contributed by atoms with Gasteiger partial charge in [-0.15, -0.1) is 0 Å². The number of β-amino-alcohol motifs (C(OH)–C–C–N with tert-alkyl or cyclic N) is 1. The van der Waals surface area contributed by atoms with Gasteiger partial charge in [0.15, 0.2) is 11.5 Å². The summed E-state index contributed by atoms with van der Waals surface area (Å²) in [5, 5.41) is 12.7. The number of aliphatic hydroxyl groups excluding tert-OH is 1. The Labute approximate surface area is 175 Å². The molecular weight excluding hydrogens is 376 g/mol. The maximum absolute atomic E-state index is 10.5. The Kier molecular flexibility index (Phi) is 5.39. The molecule has 1 aromatic heterocycles. The summed E-state index contributed by atoms with van der Waals surface area (Å²) in [7, 11) is 0. The Hall–Kier alpha value is -2.89. The first-order chi connectivity index (χ1) is 14.8. The number of para-hydroxylation sites is 2. The van der Waals surface area contributed by atoms with Gasteiger partial charge in [-0.25, -0.2) is 4.98 Å². The van der Waals surface area contributed by atoms with Gasteiger partial charge in [0.1, 0.15) is 24.0 Å². The van der Waals surface area contributed by atoms with Crippen LogP contribution in [0.5, 0.6) is 5.75 Å². The van der Waals surface area contributed by atoms with Crippen molar-refractivity contribution in [2.75, 3.05) is 26.2 Å². The van der Waals surface area contributed by atoms with E-state index in [1.54, 1.807) is 0 Å². The zero-order valence-corrected chi connectivity index (χ0v) is 16.9. The Bertz CT molecular complexity index is 1090. The van der Waals surface area contributed by atoms with Crippen molar-refractivity contribution in [3.63, 3.8) is 0 Å². The Morgan fingerprint density at radius 2 is 1.77 bits per heavy atom. The summed E-state index contributed by atoms with van der Waals surface area (Å²) in [5.41, 5.74) is 1.78. The minimum atomic E-state index is -0.523. The van der Waals surface area contributed by atoms with Crippen LogP contribution in [0.1, 0.15) is 24.7 Å². The van der Waals surface area contributed by atoms with Crippen LogP contribution in [0.2, 0.25) is 0 Å². The molecule has 3 aromatic carbocycles. The zero-order valence-electron chi connectivity index (χ0n) is 16.9. The van der Waals surface area contributed by atoms with E-state index in [2.05, 4.69) is 22.0 Å². The maximum Gasteiger partial charge on any atom is 0.198 e. The zero-order chi connectivity index (χ0) is 20.3. The summed E-state index contributed by atoms with van der Waals surface area (Å²) >= 11 is 0. The van der Waals surface area contributed by atoms with Gasteiger partial charge in [0.05, 0.1) is 0 Å². The van der Waals surface area contributed by atoms with Crippen LogP contribution in [-0.4, -0.2) is 47.3 Å². The first kappa shape index (κ1) is 19.1. The predicted octanol–water partition coefficient (Wildman–Crippen LogP) is 4.60. The van der Waals surface area contributed by atoms with Crippen LogP contribution in [0.15, 0.2) is 71.1 Å². The van der Waals surface area contributed by atoms with Crippen molar-refractivity contribution in [1.29, 1.82) is 0 Å². The van der Waals surface area contributed by atoms with E-state index in [1.165, 1.54) is 0 Å². The van der Waals surface area contributed by atoms with E-state index in [4.69, 9.17) is 9.15 Å². The van der Waals surface area contributed by atoms with Crippen molar-refractivity contribution in [2.45, 2.75) is 24.9 Å². The van der Waals surface area contributed by atoms with E-state index < -0.39 is 6.10 Å². The second-order valence-electron chi connectivity index (χ2n) is 8.04. The highest BCUT2D eigenvalue weighted by molar-refractivity contribution is 5.88. The quantitative estimate of drug-likeness (QED) is 0.511. The van der Waals surface area contributed by atoms with E-state index in [1.807, 2.05) is 54.6 Å². The number of ether oxygens (including phenoxy) is 1. The minimum absolute atomic E-state index is 0.291. The molecule has 0 aliphatic carbocycles. The van der Waals surface area contributed by atoms with Crippen molar-refractivity contribution in [3.8, 4) is 5.75 Å². The van der Waals surface area contributed by atoms with Gasteiger partial charge in [-0.1, -0.05) is 48.5 Å². The molecular formula is C25H26N2O3. The number of fused-ring (bicyclic) bond motifs is 2. The minimum Gasteiger partial charge on any atom is -0.490 e. The SMILES string of the molecule is OC(COc1cccc2ccccc12)CN1CCC(c2nc3ccccc3o2)CC1. The molecule has 1 fully saturated rings. The van der Waals surface area contributed by atoms with Crippen LogP contribution in [0.25, 0.3) is 21.9 Å². The number of likely N-dealkylation sites (tertiary alicyclic amines) is 1. The van der Waals surface area contributed by atoms with E-state index in [0.717, 1.165) is 59.4 Å². The maximum atomic E-state index is 10.5. The number of hydrogen-bond donors (Lipinski definition) is 1. The average Bonchev–Trinajstić information content (AvgIpc) is 3.22. The third kappa shape index (κ3) is 4.04. The van der Waals surface area contributed by atoms with Gasteiger partial charge < -0.3 is 19.2 Å². The molecule has 1 atom stereocenters. The molecule has 0 amide bonds. The predicted molar refractivity (Wildman–Crippen MR) is 118 cm³/mol. The van der Waals surface area contributed by atoms with Gasteiger partial charge in [-0.2, -0.15) is 0 Å². The third-order valence-corrected chi connectivity index (χ3v) is 5.90. The Morgan fingerprint density at radius 1 is 1.00 bits per heavy atom. The van der Waals surface area contributed by atoms with E-state index >= 15 is 0 Å². The summed E-state index contributed by atoms with van der Waals surface area (Å²) in [4.78, 5) is 6.96. The summed E-state index contributed by atoms with van der Waals surface area (Å²) in [6.45, 7) is 2.76. The van der Waals surface area contributed by atoms with E-state index in [-0.39, 0.29) is 0 Å². The highest BCUT2D eigenvalue weighted by Gasteiger charge is 2.25. The number of nitrogens with zero attached hydrogens (tertiary/aromatic N) is 2. The molecule has 154 valence electrons. The third-order valence-electron chi connectivity index (χ3n) is 5.90. The first-order valence-electron chi connectivity index (χ1n) is 10.6. The largest absolute Gasteiger partial charge is 0.490 e. The molecule has 1 aliphatic rings. The normalized spacial score (nSPS) is 16.8. The van der Waals surface area contributed by atoms with Crippen molar-refractivity contribution >= 4 is 21.9 Å². The number of benzene rings is 3. The van der Waals surface area contributed by atoms with Gasteiger partial charge in [0, 0.05) is 17.8 Å². The summed E-state index contributed by atoms with van der Waals surface area (Å²) in [6.07, 6.45) is 1.46. The van der Waals surface area contributed by atoms with Crippen molar-refractivity contribution in [1.82, 2.24) is 9.88 Å². The van der Waals surface area contributed by atoms with E-state index in [9.17, 15) is 5.11 Å². The molecule has 1 aliphatic heterocycles. The summed E-state index contributed by atoms with van der Waals surface area (Å²) < 4.78 is 11.9. The fourth-order valence-electron chi connectivity index (χ4n) is 4.29. The van der Waals surface area contributed by atoms with Crippen molar-refractivity contribution < 1.29 is 14.3 Å². The molecule has 5 heteroatoms. The van der Waals surface area contributed by atoms with Crippen LogP contribution in [-0.2, 0) is 0 Å². The first-order valence-corrected chi connectivity index (χ1v) is 10.6. The molecule has 1 N–H and O–H groups in total. The summed E-state index contributed by atoms with van der Waals surface area (Å²) in [6, 6.07) is 22.1. The molecule has 0 radical (unpaired) electrons. The van der Waals surface area contributed by atoms with Gasteiger partial charge in [0.25, 0.3) is 0 Å². The number of aliphatic hydroxyl groups is 1. The second kappa shape index (κ2) is 8.46. The average molecular weight is 402 g/mol. The molecule has 30 heavy (non-hydrogen) atoms. The number of rotatable bonds is 6. The smallest absolute Gasteiger partial charge is 0.198 e. The monoisotopic (exact) mass is 402 g/mol. The van der Waals surface area contributed by atoms with E-state index in [0.29, 0.717) is 19.1 Å². The van der Waals surface area contributed by atoms with Crippen molar-refractivity contribution in [2.24, 2.45) is 0 Å². The van der Waals surface area contributed by atoms with Crippen LogP contribution >= 0.6 is 0 Å². The van der Waals surface area contributed by atoms with Crippen LogP contribution in [0.3, 0.4) is 0 Å². The second-order valence-corrected chi connectivity index (χ2v) is 8.04. The van der Waals surface area contributed by atoms with Crippen LogP contribution < -0.4 is 4.74 Å². The Morgan fingerprint density at radius 3 is 2.63 bits per heavy atom. The highest BCUT2D eigenvalue weighted by Crippen LogP contribution is 2.30. The molecule has 4 aromatic rings. The van der Waals surface area contributed by atoms with Gasteiger partial charge in [-0.05, 0) is 49.5 Å². The molecule has 2 heterocycles. The van der Waals surface area contributed by atoms with Crippen LogP contribution in [0.4, 0.5) is 0 Å². The molecule has 1 unspecified atom stereocenters. The molecule has 0 saturated carbocycles. The molecule has 1 saturated heterocycles. The highest BCUT2D eigenvalue weighted by atomic mass is 16.5. The van der Waals surface area contributed by atoms with Gasteiger partial charge in [0.2, 0.25) is 0 Å². The number of oxazole rings is 1. The lowest BCUT2D eigenvalue weighted by Crippen LogP contribution is -2.40. The summed E-state index contributed by atoms with van der Waals surface area (Å²) in [5.74, 6) is 2.01. The Balaban J connectivity index is 1.13. The lowest BCUT2D eigenvalue weighted by atomic mass is 9.96. The number of hydrogen-bond acceptors (Lipinski definition) is 5. The number of aromatic nitrogens is 1. The fraction of sp³-hybridized carbons (Fsp3) is 0.320. The lowest BCUT2D eigenvalue weighted by molar-refractivity contribution is 0.0588. The molecule has 0 bridgehead atoms.